The van der Waals surface area contributed by atoms with E-state index in [0.29, 0.717) is 29.4 Å². The van der Waals surface area contributed by atoms with Crippen LogP contribution in [0.1, 0.15) is 22.6 Å². The van der Waals surface area contributed by atoms with Crippen molar-refractivity contribution in [1.82, 2.24) is 5.16 Å². The SMILES string of the molecule is Cc1noc(C)c1COc1ccc(/C=C(\C#N)C(=O)Nc2ccc(S(N)(=O)=O)cc2)cc1. The monoisotopic (exact) mass is 452 g/mol. The molecule has 0 bridgehead atoms. The molecule has 0 radical (unpaired) electrons. The van der Waals surface area contributed by atoms with Gasteiger partial charge in [0, 0.05) is 5.69 Å². The van der Waals surface area contributed by atoms with Crippen molar-refractivity contribution >= 4 is 27.7 Å². The molecular weight excluding hydrogens is 432 g/mol. The second kappa shape index (κ2) is 9.47. The molecule has 1 heterocycles. The van der Waals surface area contributed by atoms with E-state index in [9.17, 15) is 18.5 Å². The summed E-state index contributed by atoms with van der Waals surface area (Å²) in [6.45, 7) is 3.97. The van der Waals surface area contributed by atoms with Gasteiger partial charge < -0.3 is 14.6 Å². The Morgan fingerprint density at radius 1 is 1.19 bits per heavy atom. The topological polar surface area (TPSA) is 148 Å². The first kappa shape index (κ1) is 22.7. The van der Waals surface area contributed by atoms with Gasteiger partial charge in [0.25, 0.3) is 5.91 Å². The summed E-state index contributed by atoms with van der Waals surface area (Å²) in [5.41, 5.74) is 2.49. The Labute approximate surface area is 185 Å². The van der Waals surface area contributed by atoms with Crippen molar-refractivity contribution in [1.29, 1.82) is 5.26 Å². The number of nitrogens with two attached hydrogens (primary N) is 1. The van der Waals surface area contributed by atoms with Crippen molar-refractivity contribution in [2.45, 2.75) is 25.3 Å². The number of primary sulfonamides is 1. The zero-order valence-corrected chi connectivity index (χ0v) is 18.1. The van der Waals surface area contributed by atoms with Crippen LogP contribution < -0.4 is 15.2 Å². The molecule has 9 nitrogen and oxygen atoms in total. The Bertz CT molecular complexity index is 1280. The van der Waals surface area contributed by atoms with E-state index in [1.165, 1.54) is 30.3 Å². The molecule has 0 atom stereocenters. The van der Waals surface area contributed by atoms with E-state index in [4.69, 9.17) is 14.4 Å². The number of nitriles is 1. The van der Waals surface area contributed by atoms with Crippen LogP contribution in [0.5, 0.6) is 5.75 Å². The maximum Gasteiger partial charge on any atom is 0.266 e. The predicted octanol–water partition coefficient (Wildman–Crippen LogP) is 3.06. The molecule has 0 aliphatic carbocycles. The standard InChI is InChI=1S/C22H20N4O5S/c1-14-21(15(2)31-26-14)13-30-19-7-3-16(4-8-19)11-17(12-23)22(27)25-18-5-9-20(10-6-18)32(24,28)29/h3-11H,13H2,1-2H3,(H,25,27)(H2,24,28,29)/b17-11+. The highest BCUT2D eigenvalue weighted by molar-refractivity contribution is 7.89. The van der Waals surface area contributed by atoms with Crippen molar-refractivity contribution in [3.05, 3.63) is 76.7 Å². The maximum atomic E-state index is 12.4. The minimum atomic E-state index is -3.83. The van der Waals surface area contributed by atoms with E-state index in [-0.39, 0.29) is 10.5 Å². The van der Waals surface area contributed by atoms with Gasteiger partial charge in [0.1, 0.15) is 29.8 Å². The summed E-state index contributed by atoms with van der Waals surface area (Å²) in [5.74, 6) is 0.681. The number of hydrogen-bond acceptors (Lipinski definition) is 7. The molecule has 3 N–H and O–H groups in total. The van der Waals surface area contributed by atoms with Crippen LogP contribution in [0.25, 0.3) is 6.08 Å². The number of nitrogens with zero attached hydrogens (tertiary/aromatic N) is 2. The number of benzene rings is 2. The fraction of sp³-hybridized carbons (Fsp3) is 0.136. The number of carbonyl (C=O) groups is 1. The maximum absolute atomic E-state index is 12.4. The van der Waals surface area contributed by atoms with Crippen LogP contribution in [0.3, 0.4) is 0 Å². The summed E-state index contributed by atoms with van der Waals surface area (Å²) >= 11 is 0. The molecule has 0 fully saturated rings. The second-order valence-electron chi connectivity index (χ2n) is 6.85. The summed E-state index contributed by atoms with van der Waals surface area (Å²) in [7, 11) is -3.83. The number of aromatic nitrogens is 1. The number of sulfonamides is 1. The minimum absolute atomic E-state index is 0.0804. The van der Waals surface area contributed by atoms with E-state index in [2.05, 4.69) is 10.5 Å². The summed E-state index contributed by atoms with van der Waals surface area (Å²) < 4.78 is 33.4. The molecule has 0 spiro atoms. The summed E-state index contributed by atoms with van der Waals surface area (Å²) in [6, 6.07) is 14.0. The first-order valence-corrected chi connectivity index (χ1v) is 10.9. The predicted molar refractivity (Wildman–Crippen MR) is 117 cm³/mol. The van der Waals surface area contributed by atoms with Gasteiger partial charge in [-0.25, -0.2) is 13.6 Å². The van der Waals surface area contributed by atoms with Crippen molar-refractivity contribution in [2.75, 3.05) is 5.32 Å². The minimum Gasteiger partial charge on any atom is -0.489 e. The van der Waals surface area contributed by atoms with Gasteiger partial charge in [0.15, 0.2) is 0 Å². The van der Waals surface area contributed by atoms with Crippen LogP contribution in [0.15, 0.2) is 63.5 Å². The van der Waals surface area contributed by atoms with Crippen LogP contribution >= 0.6 is 0 Å². The smallest absolute Gasteiger partial charge is 0.266 e. The van der Waals surface area contributed by atoms with E-state index in [1.807, 2.05) is 19.9 Å². The van der Waals surface area contributed by atoms with Crippen LogP contribution in [0.2, 0.25) is 0 Å². The largest absolute Gasteiger partial charge is 0.489 e. The molecule has 0 aliphatic heterocycles. The average molecular weight is 452 g/mol. The number of nitrogens with one attached hydrogen (secondary N) is 1. The quantitative estimate of drug-likeness (QED) is 0.413. The van der Waals surface area contributed by atoms with Crippen LogP contribution in [-0.2, 0) is 21.4 Å². The normalized spacial score (nSPS) is 11.6. The van der Waals surface area contributed by atoms with Crippen molar-refractivity contribution in [2.24, 2.45) is 5.14 Å². The van der Waals surface area contributed by atoms with Gasteiger partial charge >= 0.3 is 0 Å². The van der Waals surface area contributed by atoms with Gasteiger partial charge in [0.05, 0.1) is 16.2 Å². The number of carbonyl (C=O) groups excluding carboxylic acids is 1. The molecule has 10 heteroatoms. The zero-order valence-electron chi connectivity index (χ0n) is 17.3. The average Bonchev–Trinajstić information content (AvgIpc) is 3.08. The summed E-state index contributed by atoms with van der Waals surface area (Å²) in [6.07, 6.45) is 1.44. The molecule has 0 saturated heterocycles. The van der Waals surface area contributed by atoms with Gasteiger partial charge in [-0.05, 0) is 61.9 Å². The van der Waals surface area contributed by atoms with E-state index >= 15 is 0 Å². The highest BCUT2D eigenvalue weighted by Crippen LogP contribution is 2.19. The molecule has 2 aromatic carbocycles. The van der Waals surface area contributed by atoms with Gasteiger partial charge in [0.2, 0.25) is 10.0 Å². The Balaban J connectivity index is 1.66. The molecule has 3 rings (SSSR count). The molecule has 3 aromatic rings. The van der Waals surface area contributed by atoms with Crippen LogP contribution in [0, 0.1) is 25.2 Å². The first-order chi connectivity index (χ1) is 15.2. The van der Waals surface area contributed by atoms with Gasteiger partial charge in [-0.2, -0.15) is 5.26 Å². The molecular formula is C22H20N4O5S. The summed E-state index contributed by atoms with van der Waals surface area (Å²) in [4.78, 5) is 12.3. The van der Waals surface area contributed by atoms with E-state index in [0.717, 1.165) is 11.3 Å². The van der Waals surface area contributed by atoms with Crippen LogP contribution in [0.4, 0.5) is 5.69 Å². The first-order valence-electron chi connectivity index (χ1n) is 9.38. The number of rotatable bonds is 7. The highest BCUT2D eigenvalue weighted by atomic mass is 32.2. The lowest BCUT2D eigenvalue weighted by molar-refractivity contribution is -0.112. The van der Waals surface area contributed by atoms with E-state index in [1.54, 1.807) is 24.3 Å². The van der Waals surface area contributed by atoms with Gasteiger partial charge in [-0.1, -0.05) is 17.3 Å². The van der Waals surface area contributed by atoms with Gasteiger partial charge in [-0.3, -0.25) is 4.79 Å². The third-order valence-electron chi connectivity index (χ3n) is 4.56. The summed E-state index contributed by atoms with van der Waals surface area (Å²) in [5, 5.41) is 20.8. The molecule has 0 aliphatic rings. The molecule has 0 saturated carbocycles. The Hall–Kier alpha value is -3.94. The number of ether oxygens (including phenoxy) is 1. The molecule has 1 amide bonds. The third-order valence-corrected chi connectivity index (χ3v) is 5.49. The number of anilines is 1. The Morgan fingerprint density at radius 2 is 1.84 bits per heavy atom. The fourth-order valence-electron chi connectivity index (χ4n) is 2.77. The van der Waals surface area contributed by atoms with Crippen molar-refractivity contribution < 1.29 is 22.5 Å². The lowest BCUT2D eigenvalue weighted by Crippen LogP contribution is -2.14. The zero-order chi connectivity index (χ0) is 23.3. The fourth-order valence-corrected chi connectivity index (χ4v) is 3.28. The lowest BCUT2D eigenvalue weighted by atomic mass is 10.1. The number of amides is 1. The lowest BCUT2D eigenvalue weighted by Gasteiger charge is -2.07. The van der Waals surface area contributed by atoms with Gasteiger partial charge in [-0.15, -0.1) is 0 Å². The van der Waals surface area contributed by atoms with Crippen molar-refractivity contribution in [3.63, 3.8) is 0 Å². The molecule has 164 valence electrons. The highest BCUT2D eigenvalue weighted by Gasteiger charge is 2.12. The Kier molecular flexibility index (Phi) is 6.73. The van der Waals surface area contributed by atoms with E-state index < -0.39 is 15.9 Å². The second-order valence-corrected chi connectivity index (χ2v) is 8.42. The molecule has 0 unspecified atom stereocenters. The third kappa shape index (κ3) is 5.60. The van der Waals surface area contributed by atoms with Crippen LogP contribution in [-0.4, -0.2) is 19.5 Å². The molecule has 32 heavy (non-hydrogen) atoms. The number of hydrogen-bond donors (Lipinski definition) is 2. The van der Waals surface area contributed by atoms with Crippen molar-refractivity contribution in [3.8, 4) is 11.8 Å². The number of aryl methyl sites for hydroxylation is 2. The Morgan fingerprint density at radius 3 is 2.38 bits per heavy atom. The molecule has 1 aromatic heterocycles.